The second-order valence-corrected chi connectivity index (χ2v) is 6.02. The summed E-state index contributed by atoms with van der Waals surface area (Å²) in [6.07, 6.45) is 8.53. The highest BCUT2D eigenvalue weighted by atomic mass is 16.6. The number of rotatable bonds is 4. The Morgan fingerprint density at radius 2 is 1.76 bits per heavy atom. The van der Waals surface area contributed by atoms with Crippen molar-refractivity contribution in [3.63, 3.8) is 0 Å². The molecule has 2 nitrogen and oxygen atoms in total. The van der Waals surface area contributed by atoms with Crippen LogP contribution in [0.2, 0.25) is 0 Å². The third kappa shape index (κ3) is 4.33. The molecular formula is C15H28O2. The normalized spacial score (nSPS) is 20.7. The zero-order valence-electron chi connectivity index (χ0n) is 11.9. The SMILES string of the molecule is CCC(C)C(=O)OC(C)(C)C1CCCCCC1. The average Bonchev–Trinajstić information content (AvgIpc) is 2.56. The van der Waals surface area contributed by atoms with Gasteiger partial charge in [-0.3, -0.25) is 4.79 Å². The first-order valence-corrected chi connectivity index (χ1v) is 7.20. The van der Waals surface area contributed by atoms with Crippen molar-refractivity contribution in [2.24, 2.45) is 11.8 Å². The average molecular weight is 240 g/mol. The predicted octanol–water partition coefficient (Wildman–Crippen LogP) is 4.32. The van der Waals surface area contributed by atoms with Crippen LogP contribution in [0, 0.1) is 11.8 Å². The van der Waals surface area contributed by atoms with Crippen LogP contribution in [0.3, 0.4) is 0 Å². The zero-order valence-corrected chi connectivity index (χ0v) is 11.9. The van der Waals surface area contributed by atoms with Crippen molar-refractivity contribution in [2.75, 3.05) is 0 Å². The monoisotopic (exact) mass is 240 g/mol. The largest absolute Gasteiger partial charge is 0.459 e. The van der Waals surface area contributed by atoms with E-state index in [0.29, 0.717) is 5.92 Å². The quantitative estimate of drug-likeness (QED) is 0.540. The van der Waals surface area contributed by atoms with Gasteiger partial charge in [0, 0.05) is 0 Å². The van der Waals surface area contributed by atoms with Crippen LogP contribution in [-0.2, 0) is 9.53 Å². The molecule has 0 bridgehead atoms. The van der Waals surface area contributed by atoms with E-state index in [1.54, 1.807) is 0 Å². The van der Waals surface area contributed by atoms with Crippen molar-refractivity contribution in [1.29, 1.82) is 0 Å². The van der Waals surface area contributed by atoms with Gasteiger partial charge in [-0.1, -0.05) is 39.5 Å². The van der Waals surface area contributed by atoms with Crippen molar-refractivity contribution in [3.8, 4) is 0 Å². The maximum absolute atomic E-state index is 11.9. The fraction of sp³-hybridized carbons (Fsp3) is 0.933. The lowest BCUT2D eigenvalue weighted by Crippen LogP contribution is -2.38. The van der Waals surface area contributed by atoms with Crippen LogP contribution in [0.25, 0.3) is 0 Å². The second-order valence-electron chi connectivity index (χ2n) is 6.02. The highest BCUT2D eigenvalue weighted by molar-refractivity contribution is 5.72. The van der Waals surface area contributed by atoms with Crippen LogP contribution in [0.4, 0.5) is 0 Å². The third-order valence-electron chi connectivity index (χ3n) is 4.22. The van der Waals surface area contributed by atoms with Gasteiger partial charge in [-0.25, -0.2) is 0 Å². The lowest BCUT2D eigenvalue weighted by Gasteiger charge is -2.34. The molecule has 0 N–H and O–H groups in total. The van der Waals surface area contributed by atoms with Crippen LogP contribution < -0.4 is 0 Å². The minimum Gasteiger partial charge on any atom is -0.459 e. The summed E-state index contributed by atoms with van der Waals surface area (Å²) in [6.45, 7) is 8.16. The highest BCUT2D eigenvalue weighted by Gasteiger charge is 2.34. The summed E-state index contributed by atoms with van der Waals surface area (Å²) in [4.78, 5) is 11.9. The molecular weight excluding hydrogens is 212 g/mol. The van der Waals surface area contributed by atoms with E-state index in [0.717, 1.165) is 6.42 Å². The summed E-state index contributed by atoms with van der Waals surface area (Å²) in [6, 6.07) is 0. The van der Waals surface area contributed by atoms with E-state index in [1.165, 1.54) is 38.5 Å². The Kier molecular flexibility index (Phi) is 5.48. The fourth-order valence-corrected chi connectivity index (χ4v) is 2.58. The van der Waals surface area contributed by atoms with Gasteiger partial charge >= 0.3 is 5.97 Å². The Labute approximate surface area is 106 Å². The number of carbonyl (C=O) groups is 1. The van der Waals surface area contributed by atoms with Crippen LogP contribution in [0.1, 0.15) is 72.6 Å². The molecule has 0 aromatic carbocycles. The second kappa shape index (κ2) is 6.42. The number of ether oxygens (including phenoxy) is 1. The highest BCUT2D eigenvalue weighted by Crippen LogP contribution is 2.34. The predicted molar refractivity (Wildman–Crippen MR) is 70.8 cm³/mol. The molecule has 0 saturated heterocycles. The van der Waals surface area contributed by atoms with Crippen molar-refractivity contribution < 1.29 is 9.53 Å². The first kappa shape index (κ1) is 14.5. The molecule has 2 heteroatoms. The molecule has 0 spiro atoms. The zero-order chi connectivity index (χ0) is 12.9. The lowest BCUT2D eigenvalue weighted by atomic mass is 9.84. The molecule has 100 valence electrons. The summed E-state index contributed by atoms with van der Waals surface area (Å²) < 4.78 is 5.75. The Hall–Kier alpha value is -0.530. The van der Waals surface area contributed by atoms with E-state index in [1.807, 2.05) is 13.8 Å². The molecule has 1 fully saturated rings. The molecule has 1 aliphatic rings. The molecule has 0 aromatic rings. The Morgan fingerprint density at radius 1 is 1.24 bits per heavy atom. The maximum atomic E-state index is 11.9. The van der Waals surface area contributed by atoms with Gasteiger partial charge in [0.2, 0.25) is 0 Å². The molecule has 1 atom stereocenters. The minimum absolute atomic E-state index is 0.0262. The van der Waals surface area contributed by atoms with Gasteiger partial charge in [0.05, 0.1) is 5.92 Å². The van der Waals surface area contributed by atoms with Crippen molar-refractivity contribution >= 4 is 5.97 Å². The summed E-state index contributed by atoms with van der Waals surface area (Å²) >= 11 is 0. The fourth-order valence-electron chi connectivity index (χ4n) is 2.58. The van der Waals surface area contributed by atoms with E-state index in [9.17, 15) is 4.79 Å². The van der Waals surface area contributed by atoms with Gasteiger partial charge < -0.3 is 4.74 Å². The van der Waals surface area contributed by atoms with Crippen LogP contribution in [0.5, 0.6) is 0 Å². The van der Waals surface area contributed by atoms with Crippen LogP contribution in [0.15, 0.2) is 0 Å². The number of hydrogen-bond donors (Lipinski definition) is 0. The Morgan fingerprint density at radius 3 is 2.24 bits per heavy atom. The van der Waals surface area contributed by atoms with Crippen molar-refractivity contribution in [3.05, 3.63) is 0 Å². The van der Waals surface area contributed by atoms with Gasteiger partial charge in [-0.2, -0.15) is 0 Å². The lowest BCUT2D eigenvalue weighted by molar-refractivity contribution is -0.167. The Balaban J connectivity index is 2.56. The number of hydrogen-bond acceptors (Lipinski definition) is 2. The molecule has 1 saturated carbocycles. The molecule has 0 heterocycles. The van der Waals surface area contributed by atoms with Crippen molar-refractivity contribution in [2.45, 2.75) is 78.2 Å². The van der Waals surface area contributed by atoms with Crippen LogP contribution >= 0.6 is 0 Å². The third-order valence-corrected chi connectivity index (χ3v) is 4.22. The molecule has 0 amide bonds. The summed E-state index contributed by atoms with van der Waals surface area (Å²) in [5, 5.41) is 0. The molecule has 17 heavy (non-hydrogen) atoms. The van der Waals surface area contributed by atoms with E-state index in [2.05, 4.69) is 13.8 Å². The minimum atomic E-state index is -0.287. The van der Waals surface area contributed by atoms with E-state index in [4.69, 9.17) is 4.74 Å². The molecule has 1 rings (SSSR count). The van der Waals surface area contributed by atoms with Gasteiger partial charge in [-0.15, -0.1) is 0 Å². The van der Waals surface area contributed by atoms with E-state index < -0.39 is 0 Å². The van der Waals surface area contributed by atoms with Crippen LogP contribution in [-0.4, -0.2) is 11.6 Å². The van der Waals surface area contributed by atoms with Gasteiger partial charge in [0.1, 0.15) is 5.60 Å². The van der Waals surface area contributed by atoms with E-state index >= 15 is 0 Å². The summed E-state index contributed by atoms with van der Waals surface area (Å²) in [7, 11) is 0. The smallest absolute Gasteiger partial charge is 0.309 e. The standard InChI is InChI=1S/C15H28O2/c1-5-12(2)14(16)17-15(3,4)13-10-8-6-7-9-11-13/h12-13H,5-11H2,1-4H3. The van der Waals surface area contributed by atoms with Gasteiger partial charge in [0.25, 0.3) is 0 Å². The molecule has 1 aliphatic carbocycles. The molecule has 0 aliphatic heterocycles. The van der Waals surface area contributed by atoms with Gasteiger partial charge in [0.15, 0.2) is 0 Å². The van der Waals surface area contributed by atoms with Gasteiger partial charge in [-0.05, 0) is 39.0 Å². The Bertz CT molecular complexity index is 237. The first-order valence-electron chi connectivity index (χ1n) is 7.20. The summed E-state index contributed by atoms with van der Waals surface area (Å²) in [5.74, 6) is 0.541. The molecule has 0 aromatic heterocycles. The molecule has 1 unspecified atom stereocenters. The van der Waals surface area contributed by atoms with E-state index in [-0.39, 0.29) is 17.5 Å². The summed E-state index contributed by atoms with van der Waals surface area (Å²) in [5.41, 5.74) is -0.287. The first-order chi connectivity index (χ1) is 7.97. The maximum Gasteiger partial charge on any atom is 0.309 e. The number of esters is 1. The molecule has 0 radical (unpaired) electrons. The number of carbonyl (C=O) groups excluding carboxylic acids is 1. The topological polar surface area (TPSA) is 26.3 Å². The van der Waals surface area contributed by atoms with Crippen molar-refractivity contribution in [1.82, 2.24) is 0 Å².